The Bertz CT molecular complexity index is 451. The fourth-order valence-electron chi connectivity index (χ4n) is 1.73. The molecule has 0 heterocycles. The second-order valence-electron chi connectivity index (χ2n) is 4.11. The highest BCUT2D eigenvalue weighted by atomic mass is 35.5. The molecule has 0 saturated carbocycles. The number of rotatable bonds is 6. The van der Waals surface area contributed by atoms with Crippen molar-refractivity contribution < 1.29 is 22.7 Å². The lowest BCUT2D eigenvalue weighted by Gasteiger charge is -2.23. The Morgan fingerprint density at radius 2 is 2.00 bits per heavy atom. The predicted molar refractivity (Wildman–Crippen MR) is 70.1 cm³/mol. The fourth-order valence-corrected chi connectivity index (χ4v) is 1.94. The van der Waals surface area contributed by atoms with Crippen LogP contribution in [0.25, 0.3) is 0 Å². The zero-order valence-corrected chi connectivity index (χ0v) is 11.7. The molecule has 0 bridgehead atoms. The first kappa shape index (κ1) is 16.6. The molecule has 1 aromatic rings. The van der Waals surface area contributed by atoms with Crippen LogP contribution in [0.4, 0.5) is 13.2 Å². The standard InChI is InChI=1S/C13H15ClF3NO2/c1-20-11-5-3-2-4-10(11)8-12(19)18(7-6-14)9-13(15,16)17/h2-5H,6-9H2,1H3. The van der Waals surface area contributed by atoms with Gasteiger partial charge in [-0.05, 0) is 6.07 Å². The Balaban J connectivity index is 2.80. The molecule has 3 nitrogen and oxygen atoms in total. The topological polar surface area (TPSA) is 29.5 Å². The van der Waals surface area contributed by atoms with Crippen LogP contribution in [0.1, 0.15) is 5.56 Å². The number of amides is 1. The summed E-state index contributed by atoms with van der Waals surface area (Å²) in [6, 6.07) is 6.71. The van der Waals surface area contributed by atoms with Crippen molar-refractivity contribution in [2.45, 2.75) is 12.6 Å². The first-order valence-electron chi connectivity index (χ1n) is 5.89. The van der Waals surface area contributed by atoms with Gasteiger partial charge in [0.05, 0.1) is 13.5 Å². The molecule has 1 rings (SSSR count). The lowest BCUT2D eigenvalue weighted by atomic mass is 10.1. The minimum absolute atomic E-state index is 0.0479. The molecule has 0 aliphatic rings. The second-order valence-corrected chi connectivity index (χ2v) is 4.49. The Kier molecular flexibility index (Phi) is 6.13. The molecule has 0 aliphatic heterocycles. The van der Waals surface area contributed by atoms with Gasteiger partial charge in [0, 0.05) is 18.0 Å². The Morgan fingerprint density at radius 1 is 1.35 bits per heavy atom. The average molecular weight is 310 g/mol. The van der Waals surface area contributed by atoms with E-state index < -0.39 is 18.6 Å². The SMILES string of the molecule is COc1ccccc1CC(=O)N(CCCl)CC(F)(F)F. The molecule has 1 amide bonds. The highest BCUT2D eigenvalue weighted by molar-refractivity contribution is 6.18. The van der Waals surface area contributed by atoms with E-state index in [1.54, 1.807) is 24.3 Å². The quantitative estimate of drug-likeness (QED) is 0.756. The summed E-state index contributed by atoms with van der Waals surface area (Å²) >= 11 is 5.44. The summed E-state index contributed by atoms with van der Waals surface area (Å²) in [5.74, 6) is -0.209. The summed E-state index contributed by atoms with van der Waals surface area (Å²) in [7, 11) is 1.44. The van der Waals surface area contributed by atoms with Crippen molar-refractivity contribution in [2.75, 3.05) is 26.1 Å². The van der Waals surface area contributed by atoms with Gasteiger partial charge < -0.3 is 9.64 Å². The molecule has 0 atom stereocenters. The van der Waals surface area contributed by atoms with Gasteiger partial charge >= 0.3 is 6.18 Å². The molecule has 0 N–H and O–H groups in total. The molecule has 0 saturated heterocycles. The van der Waals surface area contributed by atoms with E-state index in [1.165, 1.54) is 7.11 Å². The second kappa shape index (κ2) is 7.38. The lowest BCUT2D eigenvalue weighted by Crippen LogP contribution is -2.41. The third-order valence-corrected chi connectivity index (χ3v) is 2.78. The normalized spacial score (nSPS) is 11.2. The summed E-state index contributed by atoms with van der Waals surface area (Å²) in [4.78, 5) is 12.7. The van der Waals surface area contributed by atoms with Gasteiger partial charge in [-0.1, -0.05) is 18.2 Å². The van der Waals surface area contributed by atoms with Crippen LogP contribution < -0.4 is 4.74 Å². The largest absolute Gasteiger partial charge is 0.496 e. The van der Waals surface area contributed by atoms with Crippen molar-refractivity contribution in [1.29, 1.82) is 0 Å². The van der Waals surface area contributed by atoms with Gasteiger partial charge in [0.2, 0.25) is 5.91 Å². The Labute approximate surface area is 120 Å². The van der Waals surface area contributed by atoms with Crippen molar-refractivity contribution in [3.63, 3.8) is 0 Å². The first-order valence-corrected chi connectivity index (χ1v) is 6.43. The molecular formula is C13H15ClF3NO2. The number of hydrogen-bond acceptors (Lipinski definition) is 2. The molecule has 7 heteroatoms. The number of carbonyl (C=O) groups is 1. The molecule has 1 aromatic carbocycles. The third kappa shape index (κ3) is 5.28. The predicted octanol–water partition coefficient (Wildman–Crippen LogP) is 2.87. The minimum Gasteiger partial charge on any atom is -0.496 e. The van der Waals surface area contributed by atoms with E-state index in [-0.39, 0.29) is 18.8 Å². The Hall–Kier alpha value is -1.43. The number of alkyl halides is 4. The molecule has 0 aliphatic carbocycles. The third-order valence-electron chi connectivity index (χ3n) is 2.61. The highest BCUT2D eigenvalue weighted by Crippen LogP contribution is 2.21. The number of halogens is 4. The number of para-hydroxylation sites is 1. The van der Waals surface area contributed by atoms with Crippen LogP contribution in [-0.4, -0.2) is 43.1 Å². The van der Waals surface area contributed by atoms with Crippen molar-refractivity contribution in [1.82, 2.24) is 4.90 Å². The number of nitrogens with zero attached hydrogens (tertiary/aromatic N) is 1. The molecule has 0 aromatic heterocycles. The summed E-state index contributed by atoms with van der Waals surface area (Å²) in [6.45, 7) is -1.44. The minimum atomic E-state index is -4.44. The van der Waals surface area contributed by atoms with Crippen LogP contribution in [-0.2, 0) is 11.2 Å². The van der Waals surface area contributed by atoms with Crippen LogP contribution in [0.2, 0.25) is 0 Å². The number of carbonyl (C=O) groups excluding carboxylic acids is 1. The molecule has 0 fully saturated rings. The summed E-state index contributed by atoms with van der Waals surface area (Å²) in [5, 5.41) is 0. The molecule has 0 unspecified atom stereocenters. The maximum atomic E-state index is 12.4. The van der Waals surface area contributed by atoms with E-state index in [0.717, 1.165) is 0 Å². The van der Waals surface area contributed by atoms with E-state index in [4.69, 9.17) is 16.3 Å². The monoisotopic (exact) mass is 309 g/mol. The summed E-state index contributed by atoms with van der Waals surface area (Å²) < 4.78 is 42.3. The van der Waals surface area contributed by atoms with Crippen molar-refractivity contribution in [3.8, 4) is 5.75 Å². The number of hydrogen-bond donors (Lipinski definition) is 0. The van der Waals surface area contributed by atoms with Crippen LogP contribution in [0.15, 0.2) is 24.3 Å². The van der Waals surface area contributed by atoms with E-state index in [0.29, 0.717) is 16.2 Å². The Morgan fingerprint density at radius 3 is 2.55 bits per heavy atom. The van der Waals surface area contributed by atoms with Crippen molar-refractivity contribution in [2.24, 2.45) is 0 Å². The van der Waals surface area contributed by atoms with Gasteiger partial charge in [-0.3, -0.25) is 4.79 Å². The van der Waals surface area contributed by atoms with Crippen molar-refractivity contribution >= 4 is 17.5 Å². The van der Waals surface area contributed by atoms with Gasteiger partial charge in [-0.25, -0.2) is 0 Å². The number of benzene rings is 1. The van der Waals surface area contributed by atoms with Crippen LogP contribution in [0, 0.1) is 0 Å². The lowest BCUT2D eigenvalue weighted by molar-refractivity contribution is -0.160. The van der Waals surface area contributed by atoms with Gasteiger partial charge in [0.1, 0.15) is 12.3 Å². The van der Waals surface area contributed by atoms with Crippen molar-refractivity contribution in [3.05, 3.63) is 29.8 Å². The molecule has 0 spiro atoms. The first-order chi connectivity index (χ1) is 9.37. The zero-order chi connectivity index (χ0) is 15.2. The summed E-state index contributed by atoms with van der Waals surface area (Å²) in [6.07, 6.45) is -4.60. The average Bonchev–Trinajstić information content (AvgIpc) is 2.37. The van der Waals surface area contributed by atoms with Gasteiger partial charge in [0.15, 0.2) is 0 Å². The zero-order valence-electron chi connectivity index (χ0n) is 10.9. The van der Waals surface area contributed by atoms with Crippen LogP contribution in [0.5, 0.6) is 5.75 Å². The smallest absolute Gasteiger partial charge is 0.406 e. The van der Waals surface area contributed by atoms with E-state index in [9.17, 15) is 18.0 Å². The van der Waals surface area contributed by atoms with Crippen LogP contribution >= 0.6 is 11.6 Å². The summed E-state index contributed by atoms with van der Waals surface area (Å²) in [5.41, 5.74) is 0.543. The fraction of sp³-hybridized carbons (Fsp3) is 0.462. The number of methoxy groups -OCH3 is 1. The van der Waals surface area contributed by atoms with E-state index >= 15 is 0 Å². The van der Waals surface area contributed by atoms with E-state index in [2.05, 4.69) is 0 Å². The highest BCUT2D eigenvalue weighted by Gasteiger charge is 2.32. The molecule has 112 valence electrons. The maximum Gasteiger partial charge on any atom is 0.406 e. The molecule has 20 heavy (non-hydrogen) atoms. The van der Waals surface area contributed by atoms with Gasteiger partial charge in [-0.15, -0.1) is 11.6 Å². The number of ether oxygens (including phenoxy) is 1. The van der Waals surface area contributed by atoms with Crippen LogP contribution in [0.3, 0.4) is 0 Å². The maximum absolute atomic E-state index is 12.4. The molecular weight excluding hydrogens is 295 g/mol. The van der Waals surface area contributed by atoms with Gasteiger partial charge in [-0.2, -0.15) is 13.2 Å². The van der Waals surface area contributed by atoms with Gasteiger partial charge in [0.25, 0.3) is 0 Å². The molecule has 0 radical (unpaired) electrons. The van der Waals surface area contributed by atoms with E-state index in [1.807, 2.05) is 0 Å².